The molecule has 0 amide bonds. The number of pyridine rings is 2. The molecular weight excluding hydrogens is 1200 g/mol. The summed E-state index contributed by atoms with van der Waals surface area (Å²) in [4.78, 5) is 15.9. The first-order valence-electron chi connectivity index (χ1n) is 33.0. The second-order valence-electron chi connectivity index (χ2n) is 24.5. The zero-order chi connectivity index (χ0) is 65.6. The number of rotatable bonds is 19. The van der Waals surface area contributed by atoms with Crippen LogP contribution in [-0.4, -0.2) is 140 Å². The molecule has 3 N–H and O–H groups in total. The first kappa shape index (κ1) is 65.5. The Hall–Kier alpha value is -9.51. The molecule has 14 rings (SSSR count). The lowest BCUT2D eigenvalue weighted by Crippen LogP contribution is -2.47. The highest BCUT2D eigenvalue weighted by Gasteiger charge is 2.43. The van der Waals surface area contributed by atoms with E-state index in [0.29, 0.717) is 18.3 Å². The summed E-state index contributed by atoms with van der Waals surface area (Å²) in [6.07, 6.45) is 3.70. The molecule has 95 heavy (non-hydrogen) atoms. The topological polar surface area (TPSA) is 142 Å². The fourth-order valence-corrected chi connectivity index (χ4v) is 13.5. The molecule has 4 aromatic heterocycles. The van der Waals surface area contributed by atoms with Crippen LogP contribution in [0.2, 0.25) is 5.15 Å². The van der Waals surface area contributed by atoms with E-state index in [1.54, 1.807) is 6.20 Å². The van der Waals surface area contributed by atoms with Crippen molar-refractivity contribution in [1.29, 1.82) is 0 Å². The van der Waals surface area contributed by atoms with E-state index in [9.17, 15) is 5.11 Å². The molecule has 2 aliphatic heterocycles. The number of nitrogens with one attached hydrogen (secondary N) is 1. The zero-order valence-corrected chi connectivity index (χ0v) is 55.3. The third-order valence-corrected chi connectivity index (χ3v) is 17.8. The number of piperazine rings is 2. The summed E-state index contributed by atoms with van der Waals surface area (Å²) in [5, 5.41) is 34.6. The molecule has 2 aliphatic rings. The molecule has 0 saturated carbocycles. The molecule has 12 aromatic rings. The minimum atomic E-state index is -0.764. The van der Waals surface area contributed by atoms with Gasteiger partial charge in [0.1, 0.15) is 44.9 Å². The van der Waals surface area contributed by atoms with Crippen LogP contribution >= 0.6 is 11.6 Å². The van der Waals surface area contributed by atoms with E-state index in [1.807, 2.05) is 56.4 Å². The van der Waals surface area contributed by atoms with Crippen molar-refractivity contribution < 1.29 is 19.7 Å². The first-order chi connectivity index (χ1) is 46.6. The third kappa shape index (κ3) is 14.3. The summed E-state index contributed by atoms with van der Waals surface area (Å²) in [5.74, 6) is 2.54. The van der Waals surface area contributed by atoms with Gasteiger partial charge in [-0.05, 0) is 122 Å². The smallest absolute Gasteiger partial charge is 0.138 e. The fraction of sp³-hybridized carbons (Fsp3) is 0.250. The van der Waals surface area contributed by atoms with Crippen molar-refractivity contribution in [3.05, 3.63) is 294 Å². The van der Waals surface area contributed by atoms with E-state index in [2.05, 4.69) is 254 Å². The first-order valence-corrected chi connectivity index (χ1v) is 33.4. The number of aliphatic hydroxyl groups excluding tert-OH is 2. The highest BCUT2D eigenvalue weighted by molar-refractivity contribution is 6.29. The van der Waals surface area contributed by atoms with Crippen LogP contribution in [0, 0.1) is 0 Å². The van der Waals surface area contributed by atoms with Gasteiger partial charge < -0.3 is 29.9 Å². The maximum absolute atomic E-state index is 9.41. The number of hydrogen-bond acceptors (Lipinski definition) is 12. The normalized spacial score (nSPS) is 13.9. The lowest BCUT2D eigenvalue weighted by atomic mass is 9.77. The van der Waals surface area contributed by atoms with Crippen LogP contribution in [0.1, 0.15) is 61.1 Å². The molecule has 14 nitrogen and oxygen atoms in total. The monoisotopic (exact) mass is 1280 g/mol. The van der Waals surface area contributed by atoms with E-state index in [0.717, 1.165) is 154 Å². The second-order valence-corrected chi connectivity index (χ2v) is 24.9. The molecule has 0 bridgehead atoms. The zero-order valence-electron chi connectivity index (χ0n) is 54.5. The minimum Gasteiger partial charge on any atom is -0.491 e. The van der Waals surface area contributed by atoms with Gasteiger partial charge in [-0.1, -0.05) is 194 Å². The van der Waals surface area contributed by atoms with Gasteiger partial charge in [-0.25, -0.2) is 19.3 Å². The largest absolute Gasteiger partial charge is 0.491 e. The third-order valence-electron chi connectivity index (χ3n) is 17.6. The van der Waals surface area contributed by atoms with E-state index in [4.69, 9.17) is 41.4 Å². The molecule has 2 fully saturated rings. The standard InChI is InChI=1S/C40H41N5O2.C34H28ClN3O.C6H14N2O/c1-30(2)47-35-18-19-37-36(29-35)39(31-20-21-41-38(28-31)44-24-22-43(23-25-44)26-27-46)42-45(37)40(32-12-6-3-7-13-32,33-14-8-4-9-15-33)34-16-10-5-11-17-34;1-24(2)39-29-18-19-31-30(23-29)33(25-20-21-36-32(35)22-25)37-38(31)34(26-12-6-3-7-13-26,27-14-8-4-9-15-27)28-16-10-5-11-17-28;9-6-5-8-3-1-7-2-4-8/h3-21,28-30,46H,22-27H2,1-2H3;3-24H,1-2H3;7,9H,1-6H2. The molecule has 0 atom stereocenters. The number of anilines is 1. The summed E-state index contributed by atoms with van der Waals surface area (Å²) in [6.45, 7) is 18.0. The van der Waals surface area contributed by atoms with Crippen molar-refractivity contribution in [3.8, 4) is 34.0 Å². The Balaban J connectivity index is 0.000000163. The molecule has 8 aromatic carbocycles. The predicted octanol–water partition coefficient (Wildman–Crippen LogP) is 14.1. The lowest BCUT2D eigenvalue weighted by molar-refractivity contribution is 0.180. The van der Waals surface area contributed by atoms with Crippen LogP contribution in [-0.2, 0) is 11.1 Å². The molecule has 484 valence electrons. The van der Waals surface area contributed by atoms with Crippen molar-refractivity contribution in [2.45, 2.75) is 51.0 Å². The fourth-order valence-electron chi connectivity index (χ4n) is 13.3. The van der Waals surface area contributed by atoms with Gasteiger partial charge in [0, 0.05) is 99.7 Å². The minimum absolute atomic E-state index is 0.0417. The number of fused-ring (bicyclic) bond motifs is 2. The Labute approximate surface area is 562 Å². The molecule has 0 radical (unpaired) electrons. The van der Waals surface area contributed by atoms with E-state index in [-0.39, 0.29) is 18.8 Å². The molecule has 0 unspecified atom stereocenters. The molecular formula is C80H83ClN10O4. The van der Waals surface area contributed by atoms with Crippen LogP contribution in [0.3, 0.4) is 0 Å². The highest BCUT2D eigenvalue weighted by Crippen LogP contribution is 2.47. The highest BCUT2D eigenvalue weighted by atomic mass is 35.5. The van der Waals surface area contributed by atoms with Crippen molar-refractivity contribution in [2.75, 3.05) is 83.6 Å². The van der Waals surface area contributed by atoms with Crippen LogP contribution in [0.5, 0.6) is 11.5 Å². The quantitative estimate of drug-likeness (QED) is 0.0524. The Morgan fingerprint density at radius 3 is 1.15 bits per heavy atom. The van der Waals surface area contributed by atoms with Gasteiger partial charge in [-0.15, -0.1) is 0 Å². The van der Waals surface area contributed by atoms with E-state index < -0.39 is 11.1 Å². The Morgan fingerprint density at radius 1 is 0.432 bits per heavy atom. The van der Waals surface area contributed by atoms with Crippen LogP contribution in [0.4, 0.5) is 5.82 Å². The summed E-state index contributed by atoms with van der Waals surface area (Å²) in [5.41, 5.74) is 10.7. The average Bonchev–Trinajstić information content (AvgIpc) is 1.66. The number of hydrogen-bond donors (Lipinski definition) is 3. The van der Waals surface area contributed by atoms with Crippen molar-refractivity contribution in [3.63, 3.8) is 0 Å². The van der Waals surface area contributed by atoms with Crippen LogP contribution in [0.15, 0.2) is 255 Å². The van der Waals surface area contributed by atoms with Gasteiger partial charge in [0.05, 0.1) is 36.5 Å². The number of halogens is 1. The van der Waals surface area contributed by atoms with E-state index in [1.165, 1.54) is 0 Å². The Kier molecular flexibility index (Phi) is 21.2. The molecule has 0 aliphatic carbocycles. The predicted molar refractivity (Wildman–Crippen MR) is 384 cm³/mol. The Bertz CT molecular complexity index is 4180. The number of ether oxygens (including phenoxy) is 2. The van der Waals surface area contributed by atoms with Crippen molar-refractivity contribution in [1.82, 2.24) is 44.6 Å². The maximum Gasteiger partial charge on any atom is 0.138 e. The summed E-state index contributed by atoms with van der Waals surface area (Å²) in [6, 6.07) is 84.3. The number of aromatic nitrogens is 6. The maximum atomic E-state index is 9.41. The van der Waals surface area contributed by atoms with E-state index >= 15 is 0 Å². The lowest BCUT2D eigenvalue weighted by Gasteiger charge is -2.37. The van der Waals surface area contributed by atoms with Gasteiger partial charge in [0.25, 0.3) is 0 Å². The molecule has 6 heterocycles. The number of benzene rings is 8. The van der Waals surface area contributed by atoms with Gasteiger partial charge >= 0.3 is 0 Å². The number of nitrogens with zero attached hydrogens (tertiary/aromatic N) is 9. The van der Waals surface area contributed by atoms with Crippen molar-refractivity contribution >= 4 is 39.2 Å². The number of aliphatic hydroxyl groups is 2. The Morgan fingerprint density at radius 2 is 0.789 bits per heavy atom. The summed E-state index contributed by atoms with van der Waals surface area (Å²) >= 11 is 6.36. The SMILES string of the molecule is CC(C)Oc1ccc2c(c1)c(-c1ccnc(Cl)c1)nn2C(c1ccccc1)(c1ccccc1)c1ccccc1.CC(C)Oc1ccc2c(c1)c(-c1ccnc(N3CCN(CCO)CC3)c1)nn2C(c1ccccc1)(c1ccccc1)c1ccccc1.OCCN1CCNCC1. The van der Waals surface area contributed by atoms with Gasteiger partial charge in [0.15, 0.2) is 0 Å². The molecule has 0 spiro atoms. The van der Waals surface area contributed by atoms with Gasteiger partial charge in [-0.2, -0.15) is 10.2 Å². The second kappa shape index (κ2) is 30.7. The van der Waals surface area contributed by atoms with Crippen LogP contribution < -0.4 is 19.7 Å². The van der Waals surface area contributed by atoms with Gasteiger partial charge in [-0.3, -0.25) is 9.80 Å². The summed E-state index contributed by atoms with van der Waals surface area (Å²) < 4.78 is 16.7. The van der Waals surface area contributed by atoms with Crippen molar-refractivity contribution in [2.24, 2.45) is 0 Å². The number of β-amino-alcohol motifs (C(OH)–C–C–N with tert-alkyl or cyclic N) is 2. The van der Waals surface area contributed by atoms with Crippen LogP contribution in [0.25, 0.3) is 44.3 Å². The molecule has 2 saturated heterocycles. The van der Waals surface area contributed by atoms with Gasteiger partial charge in [0.2, 0.25) is 0 Å². The summed E-state index contributed by atoms with van der Waals surface area (Å²) in [7, 11) is 0. The average molecular weight is 1280 g/mol. The molecule has 15 heteroatoms.